The zero-order chi connectivity index (χ0) is 47.5. The number of amides is 1. The summed E-state index contributed by atoms with van der Waals surface area (Å²) < 4.78 is 50.3. The summed E-state index contributed by atoms with van der Waals surface area (Å²) in [4.78, 5) is 24.8. The third-order valence-corrected chi connectivity index (χ3v) is 11.6. The third-order valence-electron chi connectivity index (χ3n) is 11.6. The van der Waals surface area contributed by atoms with E-state index in [1.807, 2.05) is 0 Å². The molecule has 0 aromatic rings. The molecule has 0 unspecified atom stereocenters. The van der Waals surface area contributed by atoms with Gasteiger partial charge < -0.3 is 135 Å². The lowest BCUT2D eigenvalue weighted by molar-refractivity contribution is -0.375. The number of rotatable bonds is 18. The molecule has 0 aromatic carbocycles. The second-order valence-corrected chi connectivity index (χ2v) is 16.0. The predicted octanol–water partition coefficient (Wildman–Crippen LogP) is -11.9. The molecule has 0 radical (unpaired) electrons. The van der Waals surface area contributed by atoms with Crippen molar-refractivity contribution in [3.63, 3.8) is 0 Å². The van der Waals surface area contributed by atoms with E-state index in [1.165, 1.54) is 0 Å². The summed E-state index contributed by atoms with van der Waals surface area (Å²) in [6.07, 6.45) is -44.0. The van der Waals surface area contributed by atoms with Gasteiger partial charge in [0.2, 0.25) is 5.91 Å². The molecule has 5 saturated heterocycles. The Morgan fingerprint density at radius 3 is 1.67 bits per heavy atom. The minimum Gasteiger partial charge on any atom is -0.477 e. The van der Waals surface area contributed by atoms with Crippen LogP contribution in [0.15, 0.2) is 0 Å². The maximum Gasteiger partial charge on any atom is 0.364 e. The van der Waals surface area contributed by atoms with E-state index in [0.29, 0.717) is 0 Å². The van der Waals surface area contributed by atoms with Gasteiger partial charge in [-0.05, 0) is 0 Å². The van der Waals surface area contributed by atoms with Crippen molar-refractivity contribution < 1.29 is 139 Å². The Hall–Kier alpha value is -2.06. The van der Waals surface area contributed by atoms with Crippen molar-refractivity contribution in [1.82, 2.24) is 5.32 Å². The highest BCUT2D eigenvalue weighted by Gasteiger charge is 2.60. The van der Waals surface area contributed by atoms with Gasteiger partial charge in [0.25, 0.3) is 5.79 Å². The van der Waals surface area contributed by atoms with Gasteiger partial charge in [-0.1, -0.05) is 0 Å². The molecule has 0 bridgehead atoms. The summed E-state index contributed by atoms with van der Waals surface area (Å²) in [5.74, 6) is -5.93. The Kier molecular flexibility index (Phi) is 18.5. The first-order chi connectivity index (χ1) is 30.2. The summed E-state index contributed by atoms with van der Waals surface area (Å²) in [5, 5.41) is 180. The van der Waals surface area contributed by atoms with E-state index in [2.05, 4.69) is 5.32 Å². The fourth-order valence-corrected chi connectivity index (χ4v) is 8.08. The van der Waals surface area contributed by atoms with Crippen LogP contribution in [0, 0.1) is 0 Å². The number of carbonyl (C=O) groups is 2. The number of carbonyl (C=O) groups excluding carboxylic acids is 1. The number of aliphatic carboxylic acids is 1. The maximum atomic E-state index is 12.9. The monoisotopic (exact) mass is 941 g/mol. The highest BCUT2D eigenvalue weighted by molar-refractivity contribution is 5.76. The molecule has 64 heavy (non-hydrogen) atoms. The number of nitrogens with one attached hydrogen (secondary N) is 1. The van der Waals surface area contributed by atoms with Crippen molar-refractivity contribution >= 4 is 11.9 Å². The number of hydrogen-bond acceptors (Lipinski definition) is 27. The molecule has 5 fully saturated rings. The van der Waals surface area contributed by atoms with Gasteiger partial charge in [-0.3, -0.25) is 4.79 Å². The average molecular weight is 942 g/mol. The van der Waals surface area contributed by atoms with E-state index >= 15 is 0 Å². The quantitative estimate of drug-likeness (QED) is 0.0607. The number of carboxylic acid groups (broad SMARTS) is 1. The smallest absolute Gasteiger partial charge is 0.364 e. The van der Waals surface area contributed by atoms with Crippen LogP contribution < -0.4 is 5.32 Å². The van der Waals surface area contributed by atoms with Crippen LogP contribution in [0.2, 0.25) is 0 Å². The summed E-state index contributed by atoms with van der Waals surface area (Å²) in [6.45, 7) is -4.47. The van der Waals surface area contributed by atoms with Gasteiger partial charge in [-0.2, -0.15) is 0 Å². The number of aliphatic hydroxyl groups excluding tert-OH is 16. The van der Waals surface area contributed by atoms with Gasteiger partial charge in [-0.15, -0.1) is 0 Å². The summed E-state index contributed by atoms with van der Waals surface area (Å²) in [7, 11) is 0. The van der Waals surface area contributed by atoms with Crippen LogP contribution in [-0.2, 0) is 52.2 Å². The van der Waals surface area contributed by atoms with Crippen molar-refractivity contribution in [2.24, 2.45) is 0 Å². The van der Waals surface area contributed by atoms with Crippen LogP contribution in [0.25, 0.3) is 0 Å². The fourth-order valence-electron chi connectivity index (χ4n) is 8.08. The van der Waals surface area contributed by atoms with Crippen LogP contribution in [-0.4, -0.2) is 291 Å². The third kappa shape index (κ3) is 10.9. The lowest BCUT2D eigenvalue weighted by Crippen LogP contribution is -2.70. The molecule has 5 heterocycles. The zero-order valence-corrected chi connectivity index (χ0v) is 33.9. The molecule has 0 saturated carbocycles. The van der Waals surface area contributed by atoms with Crippen molar-refractivity contribution in [2.75, 3.05) is 39.6 Å². The number of ether oxygens (including phenoxy) is 9. The highest BCUT2D eigenvalue weighted by Crippen LogP contribution is 2.39. The standard InChI is InChI=1S/C35H59NO28/c1-9(42)36-17-10(43)2-35(34(54)55,63-29(17)18(45)11(44)3-37)64-30-21(48)14(6-40)59-33(26(30)53)62-28-16(57-13(5-39)20(28)47)8-56-31-25(52)23(50)27(15(7-41)60-31)61-32-24(51)22(49)19(46)12(4-38)58-32/h10-33,37-41,43-53H,2-8H2,1H3,(H,36,42)(H,54,55)/t10-,11+,12+,13+,14+,15+,16+,17+,18+,19-,20+,21-,22-,23+,24+,25+,26+,27+,28+,29+,30-,31+,32-,33-,35-/m0/s1. The van der Waals surface area contributed by atoms with E-state index in [4.69, 9.17) is 42.6 Å². The molecule has 18 N–H and O–H groups in total. The second kappa shape index (κ2) is 22.4. The maximum absolute atomic E-state index is 12.9. The van der Waals surface area contributed by atoms with Crippen molar-refractivity contribution in [2.45, 2.75) is 166 Å². The molecule has 372 valence electrons. The molecule has 5 aliphatic heterocycles. The van der Waals surface area contributed by atoms with Crippen LogP contribution in [0.3, 0.4) is 0 Å². The van der Waals surface area contributed by atoms with Crippen LogP contribution in [0.5, 0.6) is 0 Å². The minimum atomic E-state index is -3.12. The molecule has 1 amide bonds. The summed E-state index contributed by atoms with van der Waals surface area (Å²) in [5.41, 5.74) is 0. The van der Waals surface area contributed by atoms with Crippen LogP contribution >= 0.6 is 0 Å². The van der Waals surface area contributed by atoms with Gasteiger partial charge >= 0.3 is 5.97 Å². The normalized spacial score (nSPS) is 47.5. The zero-order valence-electron chi connectivity index (χ0n) is 33.9. The minimum absolute atomic E-state index is 0.745. The van der Waals surface area contributed by atoms with Crippen LogP contribution in [0.1, 0.15) is 13.3 Å². The molecular formula is C35H59NO28. The molecule has 0 spiro atoms. The van der Waals surface area contributed by atoms with E-state index < -0.39 is 211 Å². The predicted molar refractivity (Wildman–Crippen MR) is 194 cm³/mol. The summed E-state index contributed by atoms with van der Waals surface area (Å²) >= 11 is 0. The Morgan fingerprint density at radius 2 is 1.12 bits per heavy atom. The number of hydrogen-bond donors (Lipinski definition) is 18. The fraction of sp³-hybridized carbons (Fsp3) is 0.943. The van der Waals surface area contributed by atoms with Crippen molar-refractivity contribution in [3.05, 3.63) is 0 Å². The lowest BCUT2D eigenvalue weighted by atomic mass is 9.88. The summed E-state index contributed by atoms with van der Waals surface area (Å²) in [6, 6.07) is -1.61. The number of aliphatic hydroxyl groups is 16. The molecule has 29 heteroatoms. The van der Waals surface area contributed by atoms with Gasteiger partial charge in [-0.25, -0.2) is 4.79 Å². The SMILES string of the molecule is CC(=O)N[C@H]1[C@H]([C@H](O)[C@H](O)CO)O[C@@](O[C@H]2[C@@H](O)[C@@H](CO)O[C@@H](O[C@H]3[C@H](O)[C@@H](CO)O[C@@H]3CO[C@@H]3O[C@H](CO)[C@@H](O[C@@H]4O[C@H](CO)[C@H](O)[C@H](O)[C@H]4O)[C@H](O)[C@H]3O)[C@@H]2O)(C(=O)O)C[C@@H]1O. The topological polar surface area (TPSA) is 473 Å². The first-order valence-corrected chi connectivity index (χ1v) is 20.1. The molecule has 5 rings (SSSR count). The molecule has 29 nitrogen and oxygen atoms in total. The molecule has 5 aliphatic rings. The Labute approximate surface area is 362 Å². The molecule has 0 aliphatic carbocycles. The first-order valence-electron chi connectivity index (χ1n) is 20.1. The first kappa shape index (κ1) is 52.9. The van der Waals surface area contributed by atoms with Crippen LogP contribution in [0.4, 0.5) is 0 Å². The van der Waals surface area contributed by atoms with E-state index in [1.54, 1.807) is 0 Å². The van der Waals surface area contributed by atoms with Gasteiger partial charge in [0, 0.05) is 13.3 Å². The van der Waals surface area contributed by atoms with Crippen molar-refractivity contribution in [1.29, 1.82) is 0 Å². The van der Waals surface area contributed by atoms with E-state index in [0.717, 1.165) is 6.92 Å². The van der Waals surface area contributed by atoms with Gasteiger partial charge in [0.15, 0.2) is 18.9 Å². The van der Waals surface area contributed by atoms with Gasteiger partial charge in [0.05, 0.1) is 51.8 Å². The average Bonchev–Trinajstić information content (AvgIpc) is 3.57. The van der Waals surface area contributed by atoms with E-state index in [-0.39, 0.29) is 0 Å². The largest absolute Gasteiger partial charge is 0.477 e. The highest BCUT2D eigenvalue weighted by atomic mass is 16.8. The Balaban J connectivity index is 1.32. The lowest BCUT2D eigenvalue weighted by Gasteiger charge is -2.50. The molecule has 25 atom stereocenters. The Morgan fingerprint density at radius 1 is 0.625 bits per heavy atom. The number of carboxylic acids is 1. The second-order valence-electron chi connectivity index (χ2n) is 16.0. The Bertz CT molecular complexity index is 1500. The van der Waals surface area contributed by atoms with Gasteiger partial charge in [0.1, 0.15) is 116 Å². The van der Waals surface area contributed by atoms with E-state index in [9.17, 15) is 96.4 Å². The van der Waals surface area contributed by atoms with Crippen molar-refractivity contribution in [3.8, 4) is 0 Å². The molecule has 0 aromatic heterocycles. The molecular weight excluding hydrogens is 882 g/mol.